The molecule has 29 heavy (non-hydrogen) atoms. The Morgan fingerprint density at radius 2 is 1.45 bits per heavy atom. The molecule has 0 bridgehead atoms. The normalized spacial score (nSPS) is 11.1. The third kappa shape index (κ3) is 4.13. The summed E-state index contributed by atoms with van der Waals surface area (Å²) in [5, 5.41) is 1.80. The molecule has 0 atom stereocenters. The van der Waals surface area contributed by atoms with Gasteiger partial charge in [-0.05, 0) is 40.6 Å². The van der Waals surface area contributed by atoms with Crippen LogP contribution in [0.5, 0.6) is 5.75 Å². The van der Waals surface area contributed by atoms with Crippen molar-refractivity contribution in [2.24, 2.45) is 0 Å². The van der Waals surface area contributed by atoms with Crippen LogP contribution in [0.2, 0.25) is 0 Å². The lowest BCUT2D eigenvalue weighted by Gasteiger charge is -2.10. The van der Waals surface area contributed by atoms with Crippen LogP contribution in [0.25, 0.3) is 16.8 Å². The summed E-state index contributed by atoms with van der Waals surface area (Å²) in [5.41, 5.74) is 2.84. The van der Waals surface area contributed by atoms with Gasteiger partial charge < -0.3 is 4.74 Å². The van der Waals surface area contributed by atoms with E-state index in [1.165, 1.54) is 6.08 Å². The van der Waals surface area contributed by atoms with Crippen LogP contribution in [-0.2, 0) is 4.79 Å². The number of rotatable bonds is 5. The number of nitrogens with one attached hydrogen (secondary N) is 2. The van der Waals surface area contributed by atoms with Crippen molar-refractivity contribution < 1.29 is 31.5 Å². The number of methoxy groups -OCH3 is 1. The molecule has 2 N–H and O–H groups in total. The Balaban J connectivity index is 1.71. The number of amides is 1. The summed E-state index contributed by atoms with van der Waals surface area (Å²) in [6, 6.07) is 10.8. The van der Waals surface area contributed by atoms with Gasteiger partial charge >= 0.3 is 0 Å². The number of halogens is 5. The molecule has 3 aromatic rings. The van der Waals surface area contributed by atoms with Crippen molar-refractivity contribution in [2.75, 3.05) is 12.5 Å². The molecule has 0 aromatic heterocycles. The van der Waals surface area contributed by atoms with Crippen molar-refractivity contribution in [1.29, 1.82) is 0 Å². The fourth-order valence-corrected chi connectivity index (χ4v) is 2.53. The zero-order chi connectivity index (χ0) is 21.1. The lowest BCUT2D eigenvalue weighted by Crippen LogP contribution is -2.29. The minimum absolute atomic E-state index is 0.647. The predicted octanol–water partition coefficient (Wildman–Crippen LogP) is 4.70. The molecule has 3 aromatic carbocycles. The molecule has 0 spiro atoms. The molecule has 0 radical (unpaired) electrons. The highest BCUT2D eigenvalue weighted by molar-refractivity contribution is 5.93. The van der Waals surface area contributed by atoms with Gasteiger partial charge in [0.2, 0.25) is 5.82 Å². The van der Waals surface area contributed by atoms with Gasteiger partial charge in [-0.25, -0.2) is 22.0 Å². The van der Waals surface area contributed by atoms with Crippen molar-refractivity contribution in [2.45, 2.75) is 0 Å². The number of hydrazine groups is 1. The minimum Gasteiger partial charge on any atom is -0.497 e. The lowest BCUT2D eigenvalue weighted by atomic mass is 10.1. The summed E-state index contributed by atoms with van der Waals surface area (Å²) in [6.07, 6.45) is 2.45. The van der Waals surface area contributed by atoms with Gasteiger partial charge in [0.05, 0.1) is 7.11 Å². The molecular formula is C20H13F5N2O2. The van der Waals surface area contributed by atoms with Crippen LogP contribution in [0.3, 0.4) is 0 Å². The predicted molar refractivity (Wildman–Crippen MR) is 97.5 cm³/mol. The smallest absolute Gasteiger partial charge is 0.262 e. The Morgan fingerprint density at radius 1 is 0.862 bits per heavy atom. The summed E-state index contributed by atoms with van der Waals surface area (Å²) < 4.78 is 71.5. The van der Waals surface area contributed by atoms with Crippen LogP contribution in [0, 0.1) is 29.1 Å². The molecule has 3 rings (SSSR count). The zero-order valence-electron chi connectivity index (χ0n) is 14.8. The maximum atomic E-state index is 13.5. The minimum atomic E-state index is -2.29. The molecule has 0 aliphatic heterocycles. The van der Waals surface area contributed by atoms with E-state index < -0.39 is 40.7 Å². The first-order chi connectivity index (χ1) is 13.8. The van der Waals surface area contributed by atoms with Crippen LogP contribution in [-0.4, -0.2) is 13.0 Å². The van der Waals surface area contributed by atoms with Gasteiger partial charge in [0.25, 0.3) is 5.91 Å². The average Bonchev–Trinajstić information content (AvgIpc) is 2.74. The van der Waals surface area contributed by atoms with Gasteiger partial charge in [-0.2, -0.15) is 0 Å². The largest absolute Gasteiger partial charge is 0.497 e. The molecule has 9 heteroatoms. The van der Waals surface area contributed by atoms with Gasteiger partial charge in [0.1, 0.15) is 11.4 Å². The number of fused-ring (bicyclic) bond motifs is 1. The molecular weight excluding hydrogens is 395 g/mol. The SMILES string of the molecule is COc1ccc2cc(/C=C/C(=O)NNc3c(F)c(F)c(F)c(F)c3F)ccc2c1. The highest BCUT2D eigenvalue weighted by Crippen LogP contribution is 2.26. The zero-order valence-corrected chi connectivity index (χ0v) is 14.8. The lowest BCUT2D eigenvalue weighted by molar-refractivity contribution is -0.116. The van der Waals surface area contributed by atoms with Gasteiger partial charge in [-0.3, -0.25) is 15.6 Å². The molecule has 0 aliphatic carbocycles. The summed E-state index contributed by atoms with van der Waals surface area (Å²) in [7, 11) is 1.55. The molecule has 0 aliphatic rings. The quantitative estimate of drug-likeness (QED) is 0.212. The van der Waals surface area contributed by atoms with E-state index >= 15 is 0 Å². The first kappa shape index (κ1) is 20.1. The number of anilines is 1. The summed E-state index contributed by atoms with van der Waals surface area (Å²) in [4.78, 5) is 11.8. The monoisotopic (exact) mass is 408 g/mol. The maximum Gasteiger partial charge on any atom is 0.262 e. The highest BCUT2D eigenvalue weighted by Gasteiger charge is 2.25. The van der Waals surface area contributed by atoms with E-state index in [2.05, 4.69) is 0 Å². The first-order valence-electron chi connectivity index (χ1n) is 8.15. The van der Waals surface area contributed by atoms with Crippen molar-refractivity contribution in [1.82, 2.24) is 5.43 Å². The Bertz CT molecular complexity index is 1100. The van der Waals surface area contributed by atoms with Crippen LogP contribution in [0.1, 0.15) is 5.56 Å². The third-order valence-corrected chi connectivity index (χ3v) is 4.02. The Labute approximate surface area is 161 Å². The molecule has 150 valence electrons. The first-order valence-corrected chi connectivity index (χ1v) is 8.15. The number of carbonyl (C=O) groups is 1. The number of carbonyl (C=O) groups excluding carboxylic acids is 1. The number of benzene rings is 3. The number of hydrogen-bond acceptors (Lipinski definition) is 3. The summed E-state index contributed by atoms with van der Waals surface area (Å²) in [6.45, 7) is 0. The molecule has 4 nitrogen and oxygen atoms in total. The molecule has 0 fully saturated rings. The van der Waals surface area contributed by atoms with Gasteiger partial charge in [0, 0.05) is 6.08 Å². The highest BCUT2D eigenvalue weighted by atomic mass is 19.2. The van der Waals surface area contributed by atoms with E-state index in [4.69, 9.17) is 4.74 Å². The number of hydrogen-bond donors (Lipinski definition) is 2. The summed E-state index contributed by atoms with van der Waals surface area (Å²) in [5.74, 6) is -10.9. The van der Waals surface area contributed by atoms with Crippen LogP contribution < -0.4 is 15.6 Å². The fraction of sp³-hybridized carbons (Fsp3) is 0.0500. The van der Waals surface area contributed by atoms with Gasteiger partial charge in [-0.15, -0.1) is 0 Å². The average molecular weight is 408 g/mol. The van der Waals surface area contributed by atoms with E-state index in [1.807, 2.05) is 23.6 Å². The fourth-order valence-electron chi connectivity index (χ4n) is 2.53. The van der Waals surface area contributed by atoms with Crippen molar-refractivity contribution in [3.8, 4) is 5.75 Å². The van der Waals surface area contributed by atoms with Crippen molar-refractivity contribution in [3.63, 3.8) is 0 Å². The van der Waals surface area contributed by atoms with E-state index in [1.54, 1.807) is 30.7 Å². The number of ether oxygens (including phenoxy) is 1. The molecule has 0 saturated heterocycles. The Hall–Kier alpha value is -3.62. The molecule has 1 amide bonds. The standard InChI is InChI=1S/C20H13F5N2O2/c1-29-13-6-5-11-8-10(2-4-12(11)9-13)3-7-14(28)26-27-20-18(24)16(22)15(21)17(23)19(20)25/h2-9,27H,1H3,(H,26,28)/b7-3+. The van der Waals surface area contributed by atoms with Gasteiger partial charge in [0.15, 0.2) is 23.3 Å². The topological polar surface area (TPSA) is 50.4 Å². The summed E-state index contributed by atoms with van der Waals surface area (Å²) >= 11 is 0. The van der Waals surface area contributed by atoms with Crippen LogP contribution in [0.15, 0.2) is 42.5 Å². The van der Waals surface area contributed by atoms with Crippen molar-refractivity contribution in [3.05, 3.63) is 77.1 Å². The maximum absolute atomic E-state index is 13.5. The second-order valence-electron chi connectivity index (χ2n) is 5.87. The van der Waals surface area contributed by atoms with Crippen LogP contribution in [0.4, 0.5) is 27.6 Å². The van der Waals surface area contributed by atoms with E-state index in [9.17, 15) is 26.7 Å². The molecule has 0 heterocycles. The molecule has 0 saturated carbocycles. The molecule has 0 unspecified atom stereocenters. The van der Waals surface area contributed by atoms with Crippen LogP contribution >= 0.6 is 0 Å². The third-order valence-electron chi connectivity index (χ3n) is 4.02. The van der Waals surface area contributed by atoms with E-state index in [0.717, 1.165) is 16.8 Å². The van der Waals surface area contributed by atoms with Crippen molar-refractivity contribution >= 4 is 28.4 Å². The van der Waals surface area contributed by atoms with E-state index in [-0.39, 0.29) is 0 Å². The Kier molecular flexibility index (Phi) is 5.67. The Morgan fingerprint density at radius 3 is 2.10 bits per heavy atom. The van der Waals surface area contributed by atoms with E-state index in [0.29, 0.717) is 11.3 Å². The second-order valence-corrected chi connectivity index (χ2v) is 5.87. The van der Waals surface area contributed by atoms with Gasteiger partial charge in [-0.1, -0.05) is 18.2 Å². The second kappa shape index (κ2) is 8.17.